The molecule has 0 saturated heterocycles. The van der Waals surface area contributed by atoms with E-state index in [1.165, 1.54) is 6.20 Å². The molecule has 0 amide bonds. The van der Waals surface area contributed by atoms with Gasteiger partial charge in [-0.15, -0.1) is 0 Å². The van der Waals surface area contributed by atoms with Crippen LogP contribution in [0, 0.1) is 0 Å². The first-order chi connectivity index (χ1) is 9.43. The lowest BCUT2D eigenvalue weighted by molar-refractivity contribution is -0.328. The third-order valence-corrected chi connectivity index (χ3v) is 2.92. The standard InChI is InChI=1S/C13H12N4O3/c1-17-7-10(6-15-17)8-2-3-9-5-14-12(13(18,19)20)16-11(9)4-8/h2-7,18-20H,1H3. The van der Waals surface area contributed by atoms with Crippen molar-refractivity contribution in [3.8, 4) is 11.1 Å². The summed E-state index contributed by atoms with van der Waals surface area (Å²) >= 11 is 0. The van der Waals surface area contributed by atoms with Crippen LogP contribution >= 0.6 is 0 Å². The van der Waals surface area contributed by atoms with Crippen molar-refractivity contribution >= 4 is 10.9 Å². The maximum atomic E-state index is 9.11. The molecule has 1 aromatic carbocycles. The van der Waals surface area contributed by atoms with Gasteiger partial charge in [-0.1, -0.05) is 12.1 Å². The smallest absolute Gasteiger partial charge is 0.337 e. The fourth-order valence-electron chi connectivity index (χ4n) is 1.93. The van der Waals surface area contributed by atoms with E-state index in [0.29, 0.717) is 5.52 Å². The highest BCUT2D eigenvalue weighted by Gasteiger charge is 2.25. The minimum atomic E-state index is -3.04. The minimum Gasteiger partial charge on any atom is -0.337 e. The molecule has 0 atom stereocenters. The molecule has 0 spiro atoms. The van der Waals surface area contributed by atoms with Crippen LogP contribution in [0.3, 0.4) is 0 Å². The van der Waals surface area contributed by atoms with Crippen molar-refractivity contribution in [3.63, 3.8) is 0 Å². The van der Waals surface area contributed by atoms with E-state index in [4.69, 9.17) is 15.3 Å². The number of fused-ring (bicyclic) bond motifs is 1. The highest BCUT2D eigenvalue weighted by molar-refractivity contribution is 5.83. The van der Waals surface area contributed by atoms with Gasteiger partial charge in [0, 0.05) is 30.4 Å². The third-order valence-electron chi connectivity index (χ3n) is 2.92. The Kier molecular flexibility index (Phi) is 2.75. The number of aliphatic hydroxyl groups is 3. The molecule has 0 aliphatic rings. The molecule has 0 bridgehead atoms. The van der Waals surface area contributed by atoms with Crippen LogP contribution in [0.15, 0.2) is 36.8 Å². The van der Waals surface area contributed by atoms with Gasteiger partial charge in [0.05, 0.1) is 11.7 Å². The first-order valence-corrected chi connectivity index (χ1v) is 5.87. The van der Waals surface area contributed by atoms with E-state index in [9.17, 15) is 0 Å². The van der Waals surface area contributed by atoms with Gasteiger partial charge in [-0.05, 0) is 11.6 Å². The quantitative estimate of drug-likeness (QED) is 0.572. The normalized spacial score (nSPS) is 12.0. The molecule has 20 heavy (non-hydrogen) atoms. The van der Waals surface area contributed by atoms with E-state index >= 15 is 0 Å². The average Bonchev–Trinajstić information content (AvgIpc) is 2.83. The van der Waals surface area contributed by atoms with E-state index in [0.717, 1.165) is 16.5 Å². The number of benzene rings is 1. The third kappa shape index (κ3) is 2.25. The summed E-state index contributed by atoms with van der Waals surface area (Å²) in [7, 11) is 1.82. The van der Waals surface area contributed by atoms with Gasteiger partial charge in [-0.3, -0.25) is 4.68 Å². The number of nitrogens with zero attached hydrogens (tertiary/aromatic N) is 4. The Balaban J connectivity index is 2.14. The molecular weight excluding hydrogens is 260 g/mol. The zero-order chi connectivity index (χ0) is 14.3. The van der Waals surface area contributed by atoms with Gasteiger partial charge in [-0.25, -0.2) is 9.97 Å². The van der Waals surface area contributed by atoms with Crippen LogP contribution in [0.25, 0.3) is 22.0 Å². The topological polar surface area (TPSA) is 104 Å². The molecular formula is C13H12N4O3. The maximum absolute atomic E-state index is 9.11. The molecule has 7 heteroatoms. The fraction of sp³-hybridized carbons (Fsp3) is 0.154. The van der Waals surface area contributed by atoms with Crippen molar-refractivity contribution in [3.05, 3.63) is 42.6 Å². The number of aromatic nitrogens is 4. The summed E-state index contributed by atoms with van der Waals surface area (Å²) in [6.45, 7) is 0. The van der Waals surface area contributed by atoms with Crippen molar-refractivity contribution in [2.45, 2.75) is 5.97 Å². The molecule has 2 aromatic heterocycles. The largest absolute Gasteiger partial charge is 0.340 e. The van der Waals surface area contributed by atoms with Crippen LogP contribution in [-0.4, -0.2) is 35.1 Å². The van der Waals surface area contributed by atoms with Crippen LogP contribution in [0.1, 0.15) is 5.82 Å². The Morgan fingerprint density at radius 1 is 1.10 bits per heavy atom. The van der Waals surface area contributed by atoms with E-state index in [1.54, 1.807) is 16.9 Å². The zero-order valence-electron chi connectivity index (χ0n) is 10.6. The second kappa shape index (κ2) is 4.34. The molecule has 0 aliphatic heterocycles. The highest BCUT2D eigenvalue weighted by Crippen LogP contribution is 2.23. The molecule has 0 unspecified atom stereocenters. The molecule has 102 valence electrons. The second-order valence-electron chi connectivity index (χ2n) is 4.51. The predicted molar refractivity (Wildman–Crippen MR) is 70.1 cm³/mol. The lowest BCUT2D eigenvalue weighted by atomic mass is 10.1. The Hall–Kier alpha value is -2.35. The number of hydrogen-bond donors (Lipinski definition) is 3. The number of rotatable bonds is 2. The van der Waals surface area contributed by atoms with E-state index in [-0.39, 0.29) is 0 Å². The monoisotopic (exact) mass is 272 g/mol. The van der Waals surface area contributed by atoms with Crippen LogP contribution in [-0.2, 0) is 13.0 Å². The van der Waals surface area contributed by atoms with Crippen LogP contribution in [0.2, 0.25) is 0 Å². The zero-order valence-corrected chi connectivity index (χ0v) is 10.6. The van der Waals surface area contributed by atoms with Gasteiger partial charge in [0.2, 0.25) is 5.82 Å². The number of aryl methyl sites for hydroxylation is 1. The van der Waals surface area contributed by atoms with Crippen molar-refractivity contribution in [1.82, 2.24) is 19.7 Å². The molecule has 3 rings (SSSR count). The molecule has 0 aliphatic carbocycles. The lowest BCUT2D eigenvalue weighted by Crippen LogP contribution is -2.26. The predicted octanol–water partition coefficient (Wildman–Crippen LogP) is 0.117. The Labute approximate surface area is 113 Å². The first kappa shape index (κ1) is 12.7. The van der Waals surface area contributed by atoms with Crippen LogP contribution < -0.4 is 0 Å². The summed E-state index contributed by atoms with van der Waals surface area (Å²) in [5.41, 5.74) is 2.30. The summed E-state index contributed by atoms with van der Waals surface area (Å²) in [6, 6.07) is 5.48. The molecule has 0 saturated carbocycles. The van der Waals surface area contributed by atoms with Gasteiger partial charge in [0.1, 0.15) is 0 Å². The Morgan fingerprint density at radius 2 is 1.90 bits per heavy atom. The summed E-state index contributed by atoms with van der Waals surface area (Å²) < 4.78 is 1.69. The average molecular weight is 272 g/mol. The molecule has 7 nitrogen and oxygen atoms in total. The summed E-state index contributed by atoms with van der Waals surface area (Å²) in [5, 5.41) is 32.2. The summed E-state index contributed by atoms with van der Waals surface area (Å²) in [4.78, 5) is 7.66. The SMILES string of the molecule is Cn1cc(-c2ccc3cnc(C(O)(O)O)nc3c2)cn1. The second-order valence-corrected chi connectivity index (χ2v) is 4.51. The van der Waals surface area contributed by atoms with Crippen molar-refractivity contribution in [2.75, 3.05) is 0 Å². The molecule has 2 heterocycles. The maximum Gasteiger partial charge on any atom is 0.340 e. The Morgan fingerprint density at radius 3 is 2.55 bits per heavy atom. The Bertz CT molecular complexity index is 777. The van der Waals surface area contributed by atoms with Crippen LogP contribution in [0.5, 0.6) is 0 Å². The summed E-state index contributed by atoms with van der Waals surface area (Å²) in [6.07, 6.45) is 5.00. The van der Waals surface area contributed by atoms with Crippen LogP contribution in [0.4, 0.5) is 0 Å². The molecule has 0 radical (unpaired) electrons. The highest BCUT2D eigenvalue weighted by atomic mass is 16.7. The van der Waals surface area contributed by atoms with Gasteiger partial charge >= 0.3 is 5.97 Å². The number of hydrogen-bond acceptors (Lipinski definition) is 6. The van der Waals surface area contributed by atoms with Gasteiger partial charge in [0.25, 0.3) is 0 Å². The minimum absolute atomic E-state index is 0.465. The molecule has 0 fully saturated rings. The van der Waals surface area contributed by atoms with Gasteiger partial charge < -0.3 is 15.3 Å². The van der Waals surface area contributed by atoms with E-state index < -0.39 is 11.8 Å². The van der Waals surface area contributed by atoms with Crippen molar-refractivity contribution < 1.29 is 15.3 Å². The van der Waals surface area contributed by atoms with Gasteiger partial charge in [0.15, 0.2) is 0 Å². The first-order valence-electron chi connectivity index (χ1n) is 5.87. The van der Waals surface area contributed by atoms with Crippen molar-refractivity contribution in [2.24, 2.45) is 7.05 Å². The fourth-order valence-corrected chi connectivity index (χ4v) is 1.93. The molecule has 3 aromatic rings. The molecule has 3 N–H and O–H groups in total. The van der Waals surface area contributed by atoms with Crippen molar-refractivity contribution in [1.29, 1.82) is 0 Å². The van der Waals surface area contributed by atoms with Gasteiger partial charge in [-0.2, -0.15) is 5.10 Å². The van der Waals surface area contributed by atoms with E-state index in [1.807, 2.05) is 25.4 Å². The van der Waals surface area contributed by atoms with E-state index in [2.05, 4.69) is 15.1 Å². The summed E-state index contributed by atoms with van der Waals surface area (Å²) in [5.74, 6) is -3.51. The lowest BCUT2D eigenvalue weighted by Gasteiger charge is -2.12.